The van der Waals surface area contributed by atoms with E-state index in [-0.39, 0.29) is 16.4 Å². The molecule has 0 aliphatic heterocycles. The molecular formula is C17H17NO3. The van der Waals surface area contributed by atoms with E-state index in [1.807, 2.05) is 32.0 Å². The lowest BCUT2D eigenvalue weighted by Crippen LogP contribution is -2.08. The highest BCUT2D eigenvalue weighted by atomic mass is 16.6. The van der Waals surface area contributed by atoms with Gasteiger partial charge in [0.2, 0.25) is 0 Å². The summed E-state index contributed by atoms with van der Waals surface area (Å²) in [5.74, 6) is -0.0861. The number of ketones is 1. The predicted molar refractivity (Wildman–Crippen MR) is 81.7 cm³/mol. The van der Waals surface area contributed by atoms with Crippen molar-refractivity contribution in [2.75, 3.05) is 0 Å². The van der Waals surface area contributed by atoms with Crippen molar-refractivity contribution >= 4 is 11.5 Å². The molecule has 0 atom stereocenters. The zero-order valence-electron chi connectivity index (χ0n) is 12.1. The Bertz CT molecular complexity index is 678. The summed E-state index contributed by atoms with van der Waals surface area (Å²) in [4.78, 5) is 23.3. The Balaban J connectivity index is 2.58. The normalized spacial score (nSPS) is 10.4. The minimum Gasteiger partial charge on any atom is -0.289 e. The summed E-state index contributed by atoms with van der Waals surface area (Å²) < 4.78 is 0. The van der Waals surface area contributed by atoms with Gasteiger partial charge in [0, 0.05) is 22.8 Å². The van der Waals surface area contributed by atoms with Crippen molar-refractivity contribution in [3.05, 3.63) is 74.8 Å². The van der Waals surface area contributed by atoms with Crippen LogP contribution in [0.25, 0.3) is 0 Å². The van der Waals surface area contributed by atoms with Crippen molar-refractivity contribution in [1.29, 1.82) is 0 Å². The van der Waals surface area contributed by atoms with E-state index in [1.165, 1.54) is 6.07 Å². The van der Waals surface area contributed by atoms with Gasteiger partial charge < -0.3 is 0 Å². The molecule has 0 aliphatic carbocycles. The molecule has 0 N–H and O–H groups in total. The Morgan fingerprint density at radius 3 is 2.19 bits per heavy atom. The van der Waals surface area contributed by atoms with Crippen molar-refractivity contribution in [3.8, 4) is 0 Å². The van der Waals surface area contributed by atoms with Crippen LogP contribution in [0.15, 0.2) is 42.5 Å². The highest BCUT2D eigenvalue weighted by Crippen LogP contribution is 2.26. The van der Waals surface area contributed by atoms with Crippen LogP contribution >= 0.6 is 0 Å². The molecule has 0 spiro atoms. The van der Waals surface area contributed by atoms with Crippen LogP contribution in [0, 0.1) is 10.1 Å². The summed E-state index contributed by atoms with van der Waals surface area (Å²) in [6.07, 6.45) is 1.11. The lowest BCUT2D eigenvalue weighted by molar-refractivity contribution is -0.385. The SMILES string of the molecule is CCc1cc([N+](=O)[O-])c(CC)cc1C(=O)c1ccccc1. The van der Waals surface area contributed by atoms with Gasteiger partial charge in [-0.05, 0) is 24.5 Å². The maximum Gasteiger partial charge on any atom is 0.272 e. The van der Waals surface area contributed by atoms with E-state index in [4.69, 9.17) is 0 Å². The number of aryl methyl sites for hydroxylation is 2. The number of nitro groups is 1. The molecule has 2 aromatic carbocycles. The Kier molecular flexibility index (Phi) is 4.48. The van der Waals surface area contributed by atoms with Gasteiger partial charge in [0.1, 0.15) is 0 Å². The van der Waals surface area contributed by atoms with E-state index in [1.54, 1.807) is 18.2 Å². The summed E-state index contributed by atoms with van der Waals surface area (Å²) in [6, 6.07) is 12.2. The Morgan fingerprint density at radius 1 is 1.05 bits per heavy atom. The summed E-state index contributed by atoms with van der Waals surface area (Å²) >= 11 is 0. The van der Waals surface area contributed by atoms with Gasteiger partial charge in [-0.1, -0.05) is 44.2 Å². The number of carbonyl (C=O) groups excluding carboxylic acids is 1. The first kappa shape index (κ1) is 14.9. The minimum absolute atomic E-state index is 0.0861. The molecule has 4 heteroatoms. The molecule has 0 bridgehead atoms. The van der Waals surface area contributed by atoms with Gasteiger partial charge in [-0.15, -0.1) is 0 Å². The largest absolute Gasteiger partial charge is 0.289 e. The summed E-state index contributed by atoms with van der Waals surface area (Å²) in [6.45, 7) is 3.75. The third kappa shape index (κ3) is 2.99. The number of hydrogen-bond acceptors (Lipinski definition) is 3. The van der Waals surface area contributed by atoms with Crippen LogP contribution in [-0.4, -0.2) is 10.7 Å². The molecule has 4 nitrogen and oxygen atoms in total. The number of nitro benzene ring substituents is 1. The Hall–Kier alpha value is -2.49. The molecular weight excluding hydrogens is 266 g/mol. The van der Waals surface area contributed by atoms with Crippen molar-refractivity contribution in [3.63, 3.8) is 0 Å². The highest BCUT2D eigenvalue weighted by molar-refractivity contribution is 6.10. The van der Waals surface area contributed by atoms with Crippen LogP contribution in [0.5, 0.6) is 0 Å². The number of carbonyl (C=O) groups is 1. The average molecular weight is 283 g/mol. The van der Waals surface area contributed by atoms with Crippen molar-refractivity contribution in [2.24, 2.45) is 0 Å². The van der Waals surface area contributed by atoms with E-state index in [0.717, 1.165) is 0 Å². The fourth-order valence-electron chi connectivity index (χ4n) is 2.38. The average Bonchev–Trinajstić information content (AvgIpc) is 2.53. The molecule has 0 aliphatic rings. The molecule has 0 unspecified atom stereocenters. The molecule has 0 amide bonds. The van der Waals surface area contributed by atoms with Gasteiger partial charge in [0.25, 0.3) is 5.69 Å². The molecule has 0 fully saturated rings. The second-order valence-corrected chi connectivity index (χ2v) is 4.80. The molecule has 2 aromatic rings. The van der Waals surface area contributed by atoms with E-state index in [2.05, 4.69) is 0 Å². The Labute approximate surface area is 123 Å². The number of rotatable bonds is 5. The van der Waals surface area contributed by atoms with E-state index in [9.17, 15) is 14.9 Å². The first-order valence-corrected chi connectivity index (χ1v) is 6.98. The zero-order chi connectivity index (χ0) is 15.4. The maximum atomic E-state index is 12.6. The summed E-state index contributed by atoms with van der Waals surface area (Å²) in [5, 5.41) is 11.1. The Morgan fingerprint density at radius 2 is 1.67 bits per heavy atom. The van der Waals surface area contributed by atoms with Crippen molar-refractivity contribution in [1.82, 2.24) is 0 Å². The molecule has 0 saturated carbocycles. The minimum atomic E-state index is -0.380. The molecule has 0 heterocycles. The standard InChI is InChI=1S/C17H17NO3/c1-3-12-11-16(18(20)21)13(4-2)10-15(12)17(19)14-8-6-5-7-9-14/h5-11H,3-4H2,1-2H3. The molecule has 108 valence electrons. The highest BCUT2D eigenvalue weighted by Gasteiger charge is 2.20. The molecule has 0 aromatic heterocycles. The first-order valence-electron chi connectivity index (χ1n) is 6.98. The second kappa shape index (κ2) is 6.31. The quantitative estimate of drug-likeness (QED) is 0.474. The number of benzene rings is 2. The summed E-state index contributed by atoms with van der Waals surface area (Å²) in [5.41, 5.74) is 2.57. The third-order valence-corrected chi connectivity index (χ3v) is 3.54. The molecule has 21 heavy (non-hydrogen) atoms. The van der Waals surface area contributed by atoms with Gasteiger partial charge in [-0.25, -0.2) is 0 Å². The van der Waals surface area contributed by atoms with Gasteiger partial charge in [-0.3, -0.25) is 14.9 Å². The third-order valence-electron chi connectivity index (χ3n) is 3.54. The van der Waals surface area contributed by atoms with Crippen LogP contribution in [-0.2, 0) is 12.8 Å². The number of nitrogens with zero attached hydrogens (tertiary/aromatic N) is 1. The lowest BCUT2D eigenvalue weighted by Gasteiger charge is -2.10. The maximum absolute atomic E-state index is 12.6. The van der Waals surface area contributed by atoms with Crippen molar-refractivity contribution in [2.45, 2.75) is 26.7 Å². The van der Waals surface area contributed by atoms with Gasteiger partial charge in [0.05, 0.1) is 4.92 Å². The molecule has 0 saturated heterocycles. The zero-order valence-corrected chi connectivity index (χ0v) is 12.1. The van der Waals surface area contributed by atoms with Crippen LogP contribution in [0.4, 0.5) is 5.69 Å². The fraction of sp³-hybridized carbons (Fsp3) is 0.235. The summed E-state index contributed by atoms with van der Waals surface area (Å²) in [7, 11) is 0. The predicted octanol–water partition coefficient (Wildman–Crippen LogP) is 3.95. The van der Waals surface area contributed by atoms with Crippen LogP contribution in [0.1, 0.15) is 40.9 Å². The fourth-order valence-corrected chi connectivity index (χ4v) is 2.38. The second-order valence-electron chi connectivity index (χ2n) is 4.80. The lowest BCUT2D eigenvalue weighted by atomic mass is 9.93. The smallest absolute Gasteiger partial charge is 0.272 e. The monoisotopic (exact) mass is 283 g/mol. The van der Waals surface area contributed by atoms with Crippen molar-refractivity contribution < 1.29 is 9.72 Å². The van der Waals surface area contributed by atoms with Gasteiger partial charge in [-0.2, -0.15) is 0 Å². The topological polar surface area (TPSA) is 60.2 Å². The van der Waals surface area contributed by atoms with E-state index < -0.39 is 0 Å². The molecule has 0 radical (unpaired) electrons. The van der Waals surface area contributed by atoms with Crippen LogP contribution in [0.2, 0.25) is 0 Å². The molecule has 2 rings (SSSR count). The first-order chi connectivity index (χ1) is 10.1. The van der Waals surface area contributed by atoms with E-state index >= 15 is 0 Å². The van der Waals surface area contributed by atoms with Crippen LogP contribution in [0.3, 0.4) is 0 Å². The van der Waals surface area contributed by atoms with Gasteiger partial charge >= 0.3 is 0 Å². The number of hydrogen-bond donors (Lipinski definition) is 0. The van der Waals surface area contributed by atoms with Crippen LogP contribution < -0.4 is 0 Å². The van der Waals surface area contributed by atoms with Gasteiger partial charge in [0.15, 0.2) is 5.78 Å². The van der Waals surface area contributed by atoms with E-state index in [0.29, 0.717) is 35.1 Å².